The standard InChI is InChI=1S/C16H19N3OS/c1-4-17-10-13-15(18-16-19(13)7-8-21-16)20-14-9-11(2)5-6-12(14)3/h5-9,17H,4,10H2,1-3H3. The molecule has 0 saturated carbocycles. The topological polar surface area (TPSA) is 38.6 Å². The van der Waals surface area contributed by atoms with E-state index in [1.807, 2.05) is 11.6 Å². The number of aryl methyl sites for hydroxylation is 2. The van der Waals surface area contributed by atoms with Crippen molar-refractivity contribution in [3.8, 4) is 11.6 Å². The number of imidazole rings is 1. The zero-order valence-electron chi connectivity index (χ0n) is 12.5. The van der Waals surface area contributed by atoms with Crippen LogP contribution in [0.3, 0.4) is 0 Å². The fourth-order valence-corrected chi connectivity index (χ4v) is 2.94. The molecular formula is C16H19N3OS. The summed E-state index contributed by atoms with van der Waals surface area (Å²) in [5.74, 6) is 1.56. The van der Waals surface area contributed by atoms with Crippen LogP contribution in [0, 0.1) is 13.8 Å². The Balaban J connectivity index is 1.99. The van der Waals surface area contributed by atoms with Crippen LogP contribution in [0.1, 0.15) is 23.7 Å². The number of nitrogens with one attached hydrogen (secondary N) is 1. The molecule has 0 atom stereocenters. The van der Waals surface area contributed by atoms with Gasteiger partial charge in [0.2, 0.25) is 5.88 Å². The van der Waals surface area contributed by atoms with Gasteiger partial charge in [0.15, 0.2) is 4.96 Å². The normalized spacial score (nSPS) is 11.2. The third-order valence-electron chi connectivity index (χ3n) is 3.42. The highest BCUT2D eigenvalue weighted by Gasteiger charge is 2.15. The van der Waals surface area contributed by atoms with E-state index in [9.17, 15) is 0 Å². The van der Waals surface area contributed by atoms with Gasteiger partial charge in [-0.15, -0.1) is 11.3 Å². The molecule has 1 N–H and O–H groups in total. The molecule has 3 rings (SSSR count). The van der Waals surface area contributed by atoms with Gasteiger partial charge in [-0.1, -0.05) is 19.1 Å². The minimum Gasteiger partial charge on any atom is -0.437 e. The van der Waals surface area contributed by atoms with Crippen molar-refractivity contribution < 1.29 is 4.74 Å². The van der Waals surface area contributed by atoms with Gasteiger partial charge in [-0.25, -0.2) is 0 Å². The third-order valence-corrected chi connectivity index (χ3v) is 4.17. The van der Waals surface area contributed by atoms with E-state index in [1.165, 1.54) is 5.56 Å². The summed E-state index contributed by atoms with van der Waals surface area (Å²) in [5.41, 5.74) is 3.37. The van der Waals surface area contributed by atoms with Gasteiger partial charge in [-0.3, -0.25) is 4.40 Å². The number of hydrogen-bond donors (Lipinski definition) is 1. The second-order valence-electron chi connectivity index (χ2n) is 5.07. The first-order valence-corrected chi connectivity index (χ1v) is 7.97. The van der Waals surface area contributed by atoms with Crippen molar-refractivity contribution in [1.29, 1.82) is 0 Å². The molecule has 4 nitrogen and oxygen atoms in total. The van der Waals surface area contributed by atoms with Gasteiger partial charge in [0, 0.05) is 18.1 Å². The summed E-state index contributed by atoms with van der Waals surface area (Å²) in [6.45, 7) is 7.88. The van der Waals surface area contributed by atoms with Crippen LogP contribution < -0.4 is 10.1 Å². The average molecular weight is 301 g/mol. The van der Waals surface area contributed by atoms with Gasteiger partial charge >= 0.3 is 0 Å². The molecule has 1 aromatic carbocycles. The summed E-state index contributed by atoms with van der Waals surface area (Å²) in [5, 5.41) is 5.39. The third kappa shape index (κ3) is 2.80. The van der Waals surface area contributed by atoms with Crippen LogP contribution in [0.5, 0.6) is 11.6 Å². The van der Waals surface area contributed by atoms with E-state index < -0.39 is 0 Å². The Morgan fingerprint density at radius 3 is 3.00 bits per heavy atom. The summed E-state index contributed by atoms with van der Waals surface area (Å²) in [7, 11) is 0. The number of nitrogens with zero attached hydrogens (tertiary/aromatic N) is 2. The van der Waals surface area contributed by atoms with Crippen LogP contribution >= 0.6 is 11.3 Å². The highest BCUT2D eigenvalue weighted by molar-refractivity contribution is 7.15. The van der Waals surface area contributed by atoms with E-state index in [1.54, 1.807) is 11.3 Å². The summed E-state index contributed by atoms with van der Waals surface area (Å²) in [6, 6.07) is 6.22. The zero-order chi connectivity index (χ0) is 14.8. The molecule has 0 spiro atoms. The maximum Gasteiger partial charge on any atom is 0.243 e. The van der Waals surface area contributed by atoms with Crippen LogP contribution in [0.25, 0.3) is 4.96 Å². The van der Waals surface area contributed by atoms with Crippen LogP contribution in [0.2, 0.25) is 0 Å². The second kappa shape index (κ2) is 5.87. The highest BCUT2D eigenvalue weighted by atomic mass is 32.1. The Morgan fingerprint density at radius 1 is 1.33 bits per heavy atom. The number of hydrogen-bond acceptors (Lipinski definition) is 4. The number of aromatic nitrogens is 2. The lowest BCUT2D eigenvalue weighted by atomic mass is 10.1. The quantitative estimate of drug-likeness (QED) is 0.776. The molecule has 0 fully saturated rings. The summed E-state index contributed by atoms with van der Waals surface area (Å²) >= 11 is 1.62. The van der Waals surface area contributed by atoms with Gasteiger partial charge in [0.05, 0.1) is 0 Å². The van der Waals surface area contributed by atoms with E-state index in [0.717, 1.165) is 35.1 Å². The second-order valence-corrected chi connectivity index (χ2v) is 5.94. The monoisotopic (exact) mass is 301 g/mol. The van der Waals surface area contributed by atoms with Crippen LogP contribution in [0.15, 0.2) is 29.8 Å². The lowest BCUT2D eigenvalue weighted by Gasteiger charge is -2.09. The molecule has 2 aromatic heterocycles. The van der Waals surface area contributed by atoms with E-state index in [4.69, 9.17) is 4.74 Å². The first-order valence-electron chi connectivity index (χ1n) is 7.09. The summed E-state index contributed by atoms with van der Waals surface area (Å²) < 4.78 is 8.19. The van der Waals surface area contributed by atoms with Crippen LogP contribution in [0.4, 0.5) is 0 Å². The van der Waals surface area contributed by atoms with Crippen molar-refractivity contribution in [3.63, 3.8) is 0 Å². The Kier molecular flexibility index (Phi) is 3.94. The van der Waals surface area contributed by atoms with Crippen molar-refractivity contribution in [2.45, 2.75) is 27.3 Å². The van der Waals surface area contributed by atoms with Gasteiger partial charge in [-0.2, -0.15) is 4.98 Å². The average Bonchev–Trinajstić information content (AvgIpc) is 3.02. The van der Waals surface area contributed by atoms with E-state index >= 15 is 0 Å². The molecule has 2 heterocycles. The van der Waals surface area contributed by atoms with E-state index in [2.05, 4.69) is 53.7 Å². The molecule has 0 amide bonds. The smallest absolute Gasteiger partial charge is 0.243 e. The molecule has 110 valence electrons. The highest BCUT2D eigenvalue weighted by Crippen LogP contribution is 2.30. The maximum atomic E-state index is 6.10. The summed E-state index contributed by atoms with van der Waals surface area (Å²) in [6.07, 6.45) is 2.04. The first-order chi connectivity index (χ1) is 10.2. The SMILES string of the molecule is CCNCc1c(Oc2cc(C)ccc2C)nc2sccn12. The molecule has 0 aliphatic heterocycles. The maximum absolute atomic E-state index is 6.10. The zero-order valence-corrected chi connectivity index (χ0v) is 13.3. The number of thiazole rings is 1. The molecule has 21 heavy (non-hydrogen) atoms. The molecule has 0 saturated heterocycles. The molecule has 5 heteroatoms. The van der Waals surface area contributed by atoms with Gasteiger partial charge in [0.1, 0.15) is 11.4 Å². The van der Waals surface area contributed by atoms with Gasteiger partial charge in [0.25, 0.3) is 0 Å². The van der Waals surface area contributed by atoms with Crippen molar-refractivity contribution in [3.05, 3.63) is 46.6 Å². The van der Waals surface area contributed by atoms with E-state index in [-0.39, 0.29) is 0 Å². The Labute approximate surface area is 128 Å². The number of ether oxygens (including phenoxy) is 1. The summed E-state index contributed by atoms with van der Waals surface area (Å²) in [4.78, 5) is 5.57. The molecule has 0 radical (unpaired) electrons. The fourth-order valence-electron chi connectivity index (χ4n) is 2.22. The lowest BCUT2D eigenvalue weighted by Crippen LogP contribution is -2.13. The Bertz CT molecular complexity index is 760. The predicted molar refractivity (Wildman–Crippen MR) is 86.4 cm³/mol. The largest absolute Gasteiger partial charge is 0.437 e. The van der Waals surface area contributed by atoms with Crippen LogP contribution in [-0.4, -0.2) is 15.9 Å². The Morgan fingerprint density at radius 2 is 2.19 bits per heavy atom. The van der Waals surface area contributed by atoms with Gasteiger partial charge in [-0.05, 0) is 37.6 Å². The molecule has 0 aliphatic carbocycles. The first kappa shape index (κ1) is 14.1. The van der Waals surface area contributed by atoms with Gasteiger partial charge < -0.3 is 10.1 Å². The van der Waals surface area contributed by atoms with E-state index in [0.29, 0.717) is 5.88 Å². The predicted octanol–water partition coefficient (Wildman–Crippen LogP) is 3.91. The molecule has 0 bridgehead atoms. The van der Waals surface area contributed by atoms with Crippen molar-refractivity contribution in [2.75, 3.05) is 6.54 Å². The minimum absolute atomic E-state index is 0.691. The molecular weight excluding hydrogens is 282 g/mol. The molecule has 0 aliphatic rings. The minimum atomic E-state index is 0.691. The van der Waals surface area contributed by atoms with Crippen molar-refractivity contribution in [1.82, 2.24) is 14.7 Å². The van der Waals surface area contributed by atoms with Crippen molar-refractivity contribution in [2.24, 2.45) is 0 Å². The van der Waals surface area contributed by atoms with Crippen LogP contribution in [-0.2, 0) is 6.54 Å². The van der Waals surface area contributed by atoms with Crippen molar-refractivity contribution >= 4 is 16.3 Å². The molecule has 0 unspecified atom stereocenters. The fraction of sp³-hybridized carbons (Fsp3) is 0.312. The number of fused-ring (bicyclic) bond motifs is 1. The Hall–Kier alpha value is -1.85. The lowest BCUT2D eigenvalue weighted by molar-refractivity contribution is 0.452. The number of rotatable bonds is 5. The molecule has 3 aromatic rings. The number of benzene rings is 1.